The molecule has 4 aromatic carbocycles. The number of aliphatic hydroxyl groups is 3. The van der Waals surface area contributed by atoms with Crippen LogP contribution >= 0.6 is 0 Å². The van der Waals surface area contributed by atoms with Crippen molar-refractivity contribution in [1.82, 2.24) is 0 Å². The fraction of sp³-hybridized carbons (Fsp3) is 0.220. The van der Waals surface area contributed by atoms with Gasteiger partial charge >= 0.3 is 35.6 Å². The Morgan fingerprint density at radius 2 is 1.07 bits per heavy atom. The number of carbonyl (C=O) groups excluding carboxylic acids is 6. The molecule has 1 fully saturated rings. The molecule has 7 atom stereocenters. The minimum absolute atomic E-state index is 0.238. The summed E-state index contributed by atoms with van der Waals surface area (Å²) < 4.78 is 38.9. The topological polar surface area (TPSA) is 450 Å². The predicted molar refractivity (Wildman–Crippen MR) is 204 cm³/mol. The van der Waals surface area contributed by atoms with Gasteiger partial charge in [-0.25, -0.2) is 24.0 Å². The van der Waals surface area contributed by atoms with Gasteiger partial charge < -0.3 is 105 Å². The number of ketones is 1. The summed E-state index contributed by atoms with van der Waals surface area (Å²) in [6.07, 6.45) is -12.2. The maximum absolute atomic E-state index is 14.6. The Hall–Kier alpha value is -8.92. The highest BCUT2D eigenvalue weighted by atomic mass is 16.8. The number of phenols is 11. The van der Waals surface area contributed by atoms with Crippen LogP contribution in [0.3, 0.4) is 0 Å². The lowest BCUT2D eigenvalue weighted by Crippen LogP contribution is -2.70. The molecule has 1 aliphatic carbocycles. The number of ether oxygens (including phenoxy) is 7. The Bertz CT molecular complexity index is 3020. The number of hydrogen-bond donors (Lipinski definition) is 14. The Morgan fingerprint density at radius 1 is 0.574 bits per heavy atom. The zero-order chi connectivity index (χ0) is 49.4. The highest BCUT2D eigenvalue weighted by molar-refractivity contribution is 6.10. The van der Waals surface area contributed by atoms with Crippen molar-refractivity contribution in [3.05, 3.63) is 69.8 Å². The van der Waals surface area contributed by atoms with Crippen molar-refractivity contribution in [2.75, 3.05) is 6.61 Å². The Balaban J connectivity index is 1.29. The van der Waals surface area contributed by atoms with Gasteiger partial charge in [-0.05, 0) is 36.4 Å². The zero-order valence-electron chi connectivity index (χ0n) is 33.2. The molecular weight excluding hydrogens is 924 g/mol. The van der Waals surface area contributed by atoms with Gasteiger partial charge in [-0.15, -0.1) is 0 Å². The van der Waals surface area contributed by atoms with Crippen molar-refractivity contribution in [2.24, 2.45) is 0 Å². The first kappa shape index (κ1) is 44.3. The number of carbonyl (C=O) groups is 6. The smallest absolute Gasteiger partial charge is 0.340 e. The van der Waals surface area contributed by atoms with Crippen LogP contribution in [0.4, 0.5) is 0 Å². The first-order valence-electron chi connectivity index (χ1n) is 19.1. The molecule has 27 nitrogen and oxygen atoms in total. The van der Waals surface area contributed by atoms with E-state index in [0.29, 0.717) is 30.3 Å². The van der Waals surface area contributed by atoms with E-state index in [9.17, 15) is 100 Å². The average Bonchev–Trinajstić information content (AvgIpc) is 3.28. The van der Waals surface area contributed by atoms with Gasteiger partial charge in [0.05, 0.1) is 33.7 Å². The fourth-order valence-corrected chi connectivity index (χ4v) is 8.25. The molecule has 0 saturated carbocycles. The molecular formula is C41H28O27. The maximum Gasteiger partial charge on any atom is 0.340 e. The summed E-state index contributed by atoms with van der Waals surface area (Å²) in [6, 6.07) is 2.34. The third-order valence-corrected chi connectivity index (χ3v) is 11.5. The predicted octanol–water partition coefficient (Wildman–Crippen LogP) is -1.10. The minimum atomic E-state index is -3.99. The van der Waals surface area contributed by atoms with Crippen molar-refractivity contribution in [2.45, 2.75) is 48.2 Å². The third-order valence-electron chi connectivity index (χ3n) is 11.5. The van der Waals surface area contributed by atoms with E-state index in [1.807, 2.05) is 0 Å². The van der Waals surface area contributed by atoms with E-state index < -0.39 is 204 Å². The van der Waals surface area contributed by atoms with E-state index in [1.165, 1.54) is 0 Å². The van der Waals surface area contributed by atoms with Gasteiger partial charge in [-0.1, -0.05) is 0 Å². The molecule has 2 unspecified atom stereocenters. The second-order valence-corrected chi connectivity index (χ2v) is 15.5. The van der Waals surface area contributed by atoms with Crippen LogP contribution in [0.25, 0.3) is 11.1 Å². The molecule has 0 spiro atoms. The Labute approximate surface area is 373 Å². The number of cyclic esters (lactones) is 1. The fourth-order valence-electron chi connectivity index (χ4n) is 8.25. The first-order valence-corrected chi connectivity index (χ1v) is 19.1. The lowest BCUT2D eigenvalue weighted by Gasteiger charge is -2.49. The standard InChI is InChI=1S/C41H28O27/c42-13-1-8(2-14(43)24(13)48)34(54)67-39-33-32-30(64-37(57)11-5-17(46)27(51)31-22(11)23-12(38(58)66-33)6-19(47)41(61,68-31)40(23,59)60)18(63-39)7-62-35(55)9-3-15(44)25(49)28(52)20(9)21-10(36(56)65-32)4-16(45)26(50)29(21)53/h1-6,18,23,30,32-33,39,42-46,48-53,59-61H,7H2/t18-,23?,30-,32+,33-,39+,41?/m1/s1. The molecule has 4 heterocycles. The van der Waals surface area contributed by atoms with Crippen LogP contribution in [-0.2, 0) is 38.0 Å². The number of esters is 5. The minimum Gasteiger partial charge on any atom is -0.504 e. The molecule has 6 bridgehead atoms. The number of fused-ring (bicyclic) bond motifs is 4. The molecule has 1 saturated heterocycles. The molecule has 354 valence electrons. The molecule has 0 aromatic heterocycles. The summed E-state index contributed by atoms with van der Waals surface area (Å²) in [7, 11) is 0. The van der Waals surface area contributed by atoms with Gasteiger partial charge in [-0.2, -0.15) is 0 Å². The number of benzene rings is 4. The van der Waals surface area contributed by atoms with Gasteiger partial charge in [0.2, 0.25) is 35.4 Å². The number of rotatable bonds is 2. The quantitative estimate of drug-likeness (QED) is 0.0491. The molecule has 4 aromatic rings. The van der Waals surface area contributed by atoms with E-state index in [1.54, 1.807) is 0 Å². The summed E-state index contributed by atoms with van der Waals surface area (Å²) in [5.41, 5.74) is -8.46. The van der Waals surface area contributed by atoms with Crippen molar-refractivity contribution in [1.29, 1.82) is 0 Å². The molecule has 9 rings (SSSR count). The highest BCUT2D eigenvalue weighted by Gasteiger charge is 2.70. The second-order valence-electron chi connectivity index (χ2n) is 15.5. The van der Waals surface area contributed by atoms with Gasteiger partial charge in [0.25, 0.3) is 5.79 Å². The Morgan fingerprint density at radius 3 is 1.68 bits per heavy atom. The number of aromatic hydroxyl groups is 11. The lowest BCUT2D eigenvalue weighted by atomic mass is 9.70. The van der Waals surface area contributed by atoms with Crippen LogP contribution in [0.1, 0.15) is 52.9 Å². The molecule has 4 aliphatic heterocycles. The van der Waals surface area contributed by atoms with Crippen molar-refractivity contribution >= 4 is 35.6 Å². The normalized spacial score (nSPS) is 25.7. The highest BCUT2D eigenvalue weighted by Crippen LogP contribution is 2.59. The number of phenolic OH excluding ortho intramolecular Hbond substituents is 11. The molecule has 0 amide bonds. The molecule has 68 heavy (non-hydrogen) atoms. The summed E-state index contributed by atoms with van der Waals surface area (Å²) >= 11 is 0. The van der Waals surface area contributed by atoms with Crippen LogP contribution in [0.2, 0.25) is 0 Å². The maximum atomic E-state index is 14.6. The molecule has 14 N–H and O–H groups in total. The molecule has 27 heteroatoms. The largest absolute Gasteiger partial charge is 0.504 e. The SMILES string of the molecule is O=C1O[C@H]2[C@H](OC(=O)c3cc(O)c(O)c(O)c3)O[C@@H]3COC(=O)c4cc(O)c(O)c(O)c4-c4c(cc(O)c(O)c4O)C(=O)O[C@H]2[C@@H]3OC(=O)c2cc(O)c(O)c3c2C2C1=CC(=O)C(O)(O3)C2(O)O. The van der Waals surface area contributed by atoms with Gasteiger partial charge in [0, 0.05) is 16.7 Å². The van der Waals surface area contributed by atoms with Gasteiger partial charge in [0.15, 0.2) is 64.0 Å². The monoisotopic (exact) mass is 952 g/mol. The summed E-state index contributed by atoms with van der Waals surface area (Å²) in [6.45, 7) is -1.30. The van der Waals surface area contributed by atoms with Gasteiger partial charge in [-0.3, -0.25) is 4.79 Å². The van der Waals surface area contributed by atoms with Crippen molar-refractivity contribution in [3.8, 4) is 80.1 Å². The van der Waals surface area contributed by atoms with Crippen LogP contribution in [-0.4, -0.2) is 156 Å². The zero-order valence-corrected chi connectivity index (χ0v) is 33.2. The second kappa shape index (κ2) is 14.8. The van der Waals surface area contributed by atoms with E-state index in [-0.39, 0.29) is 6.08 Å². The molecule has 0 radical (unpaired) electrons. The summed E-state index contributed by atoms with van der Waals surface area (Å²) in [4.78, 5) is 84.8. The van der Waals surface area contributed by atoms with Crippen LogP contribution in [0.15, 0.2) is 42.0 Å². The van der Waals surface area contributed by atoms with Gasteiger partial charge in [0.1, 0.15) is 12.7 Å². The molecule has 5 aliphatic rings. The van der Waals surface area contributed by atoms with Crippen molar-refractivity contribution < 1.29 is 133 Å². The average molecular weight is 953 g/mol. The lowest BCUT2D eigenvalue weighted by molar-refractivity contribution is -0.339. The van der Waals surface area contributed by atoms with Crippen LogP contribution in [0, 0.1) is 0 Å². The van der Waals surface area contributed by atoms with Crippen LogP contribution in [0.5, 0.6) is 69.0 Å². The van der Waals surface area contributed by atoms with E-state index in [2.05, 4.69) is 0 Å². The van der Waals surface area contributed by atoms with Crippen molar-refractivity contribution in [3.63, 3.8) is 0 Å². The van der Waals surface area contributed by atoms with E-state index in [4.69, 9.17) is 33.2 Å². The first-order chi connectivity index (χ1) is 31.9. The van der Waals surface area contributed by atoms with E-state index >= 15 is 0 Å². The third kappa shape index (κ3) is 6.21. The number of hydrogen-bond acceptors (Lipinski definition) is 27. The summed E-state index contributed by atoms with van der Waals surface area (Å²) in [5, 5.41) is 150. The van der Waals surface area contributed by atoms with E-state index in [0.717, 1.165) is 0 Å². The summed E-state index contributed by atoms with van der Waals surface area (Å²) in [5.74, 6) is -36.5. The Kier molecular flexibility index (Phi) is 9.64. The van der Waals surface area contributed by atoms with Crippen LogP contribution < -0.4 is 4.74 Å².